The number of para-hydroxylation sites is 1. The number of rotatable bonds is 5. The molecule has 0 amide bonds. The summed E-state index contributed by atoms with van der Waals surface area (Å²) < 4.78 is 0. The summed E-state index contributed by atoms with van der Waals surface area (Å²) in [6.07, 6.45) is 8.40. The molecule has 26 heavy (non-hydrogen) atoms. The van der Waals surface area contributed by atoms with Crippen LogP contribution in [0, 0.1) is 6.92 Å². The number of aromatic amines is 1. The number of aromatic nitrogens is 1. The normalized spacial score (nSPS) is 19.8. The Morgan fingerprint density at radius 3 is 2.77 bits per heavy atom. The van der Waals surface area contributed by atoms with E-state index in [2.05, 4.69) is 56.8 Å². The van der Waals surface area contributed by atoms with Crippen molar-refractivity contribution in [3.63, 3.8) is 0 Å². The zero-order valence-corrected chi connectivity index (χ0v) is 16.0. The molecule has 1 saturated heterocycles. The number of H-pyrrole nitrogens is 1. The maximum absolute atomic E-state index is 4.42. The van der Waals surface area contributed by atoms with Gasteiger partial charge in [0.2, 0.25) is 0 Å². The predicted octanol–water partition coefficient (Wildman–Crippen LogP) is 2.81. The van der Waals surface area contributed by atoms with Gasteiger partial charge < -0.3 is 20.5 Å². The molecule has 1 aliphatic heterocycles. The van der Waals surface area contributed by atoms with Crippen molar-refractivity contribution in [1.29, 1.82) is 0 Å². The maximum Gasteiger partial charge on any atom is 0.191 e. The lowest BCUT2D eigenvalue weighted by Crippen LogP contribution is -2.49. The quantitative estimate of drug-likeness (QED) is 0.572. The number of guanidine groups is 1. The third kappa shape index (κ3) is 3.88. The van der Waals surface area contributed by atoms with Crippen LogP contribution in [0.5, 0.6) is 0 Å². The molecule has 5 heteroatoms. The van der Waals surface area contributed by atoms with E-state index in [9.17, 15) is 0 Å². The summed E-state index contributed by atoms with van der Waals surface area (Å²) in [5.74, 6) is 0.936. The van der Waals surface area contributed by atoms with Crippen molar-refractivity contribution in [3.05, 3.63) is 35.5 Å². The van der Waals surface area contributed by atoms with Crippen LogP contribution in [0.1, 0.15) is 36.8 Å². The van der Waals surface area contributed by atoms with Crippen LogP contribution in [0.4, 0.5) is 0 Å². The Hall–Kier alpha value is -2.01. The average molecular weight is 354 g/mol. The van der Waals surface area contributed by atoms with Gasteiger partial charge in [-0.2, -0.15) is 0 Å². The third-order valence-corrected chi connectivity index (χ3v) is 5.85. The first kappa shape index (κ1) is 17.4. The number of benzene rings is 1. The largest absolute Gasteiger partial charge is 0.361 e. The number of likely N-dealkylation sites (tertiary alicyclic amines) is 1. The first-order valence-corrected chi connectivity index (χ1v) is 10.0. The monoisotopic (exact) mass is 353 g/mol. The van der Waals surface area contributed by atoms with E-state index >= 15 is 0 Å². The number of aliphatic imine (C=N–C) groups is 1. The van der Waals surface area contributed by atoms with Gasteiger partial charge in [-0.05, 0) is 50.2 Å². The number of aryl methyl sites for hydroxylation is 1. The minimum Gasteiger partial charge on any atom is -0.361 e. The Kier molecular flexibility index (Phi) is 5.16. The van der Waals surface area contributed by atoms with Gasteiger partial charge >= 0.3 is 0 Å². The average Bonchev–Trinajstić information content (AvgIpc) is 3.43. The molecule has 2 fully saturated rings. The molecule has 2 aliphatic rings. The lowest BCUT2D eigenvalue weighted by molar-refractivity contribution is 0.197. The lowest BCUT2D eigenvalue weighted by atomic mass is 10.1. The molecule has 1 aromatic carbocycles. The smallest absolute Gasteiger partial charge is 0.191 e. The Bertz CT molecular complexity index is 766. The van der Waals surface area contributed by atoms with Crippen LogP contribution in [0.3, 0.4) is 0 Å². The van der Waals surface area contributed by atoms with Crippen molar-refractivity contribution in [2.45, 2.75) is 51.1 Å². The van der Waals surface area contributed by atoms with Gasteiger partial charge in [-0.25, -0.2) is 0 Å². The lowest BCUT2D eigenvalue weighted by Gasteiger charge is -2.33. The fourth-order valence-corrected chi connectivity index (χ4v) is 4.12. The molecule has 3 N–H and O–H groups in total. The predicted molar refractivity (Wildman–Crippen MR) is 109 cm³/mol. The molecule has 2 heterocycles. The van der Waals surface area contributed by atoms with Crippen LogP contribution in [-0.2, 0) is 6.42 Å². The van der Waals surface area contributed by atoms with Gasteiger partial charge in [0.25, 0.3) is 0 Å². The van der Waals surface area contributed by atoms with Crippen LogP contribution in [0.25, 0.3) is 10.9 Å². The molecule has 1 saturated carbocycles. The molecule has 5 nitrogen and oxygen atoms in total. The third-order valence-electron chi connectivity index (χ3n) is 5.85. The molecule has 1 aliphatic carbocycles. The molecule has 2 aromatic rings. The minimum absolute atomic E-state index is 0.548. The summed E-state index contributed by atoms with van der Waals surface area (Å²) in [6, 6.07) is 7.94. The molecule has 140 valence electrons. The van der Waals surface area contributed by atoms with Crippen LogP contribution in [-0.4, -0.2) is 54.6 Å². The Balaban J connectivity index is 1.25. The van der Waals surface area contributed by atoms with Crippen LogP contribution < -0.4 is 10.6 Å². The summed E-state index contributed by atoms with van der Waals surface area (Å²) in [5, 5.41) is 8.44. The molecular formula is C21H31N5. The molecule has 0 bridgehead atoms. The number of nitrogens with one attached hydrogen (secondary N) is 3. The van der Waals surface area contributed by atoms with E-state index in [-0.39, 0.29) is 0 Å². The van der Waals surface area contributed by atoms with E-state index in [1.165, 1.54) is 60.8 Å². The van der Waals surface area contributed by atoms with E-state index in [0.717, 1.165) is 25.0 Å². The standard InChI is InChI=1S/C21H31N5/c1-15-4-3-5-19-16(14-24-20(15)19)8-11-23-21(22-2)25-17-9-12-26(13-10-17)18-6-7-18/h3-5,14,17-18,24H,6-13H2,1-2H3,(H2,22,23,25). The molecule has 4 rings (SSSR count). The summed E-state index contributed by atoms with van der Waals surface area (Å²) in [5.41, 5.74) is 3.92. The van der Waals surface area contributed by atoms with Gasteiger partial charge in [-0.3, -0.25) is 4.99 Å². The number of nitrogens with zero attached hydrogens (tertiary/aromatic N) is 2. The molecule has 0 radical (unpaired) electrons. The zero-order valence-electron chi connectivity index (χ0n) is 16.0. The van der Waals surface area contributed by atoms with Crippen molar-refractivity contribution in [3.8, 4) is 0 Å². The first-order chi connectivity index (χ1) is 12.7. The van der Waals surface area contributed by atoms with Gasteiger partial charge in [0, 0.05) is 55.9 Å². The Labute approximate surface area is 156 Å². The minimum atomic E-state index is 0.548. The number of fused-ring (bicyclic) bond motifs is 1. The van der Waals surface area contributed by atoms with Crippen LogP contribution in [0.15, 0.2) is 29.4 Å². The second kappa shape index (κ2) is 7.70. The topological polar surface area (TPSA) is 55.5 Å². The van der Waals surface area contributed by atoms with Gasteiger partial charge in [0.1, 0.15) is 0 Å². The molecule has 0 unspecified atom stereocenters. The van der Waals surface area contributed by atoms with Crippen molar-refractivity contribution < 1.29 is 0 Å². The molecule has 0 atom stereocenters. The van der Waals surface area contributed by atoms with E-state index in [0.29, 0.717) is 6.04 Å². The summed E-state index contributed by atoms with van der Waals surface area (Å²) >= 11 is 0. The van der Waals surface area contributed by atoms with Crippen LogP contribution in [0.2, 0.25) is 0 Å². The highest BCUT2D eigenvalue weighted by molar-refractivity contribution is 5.86. The second-order valence-electron chi connectivity index (χ2n) is 7.75. The SMILES string of the molecule is CN=C(NCCc1c[nH]c2c(C)cccc12)NC1CCN(C2CC2)CC1. The van der Waals surface area contributed by atoms with Gasteiger partial charge in [0.05, 0.1) is 0 Å². The fraction of sp³-hybridized carbons (Fsp3) is 0.571. The molecule has 1 aromatic heterocycles. The molecular weight excluding hydrogens is 322 g/mol. The highest BCUT2D eigenvalue weighted by atomic mass is 15.2. The number of hydrogen-bond donors (Lipinski definition) is 3. The number of piperidine rings is 1. The maximum atomic E-state index is 4.42. The Morgan fingerprint density at radius 1 is 1.23 bits per heavy atom. The van der Waals surface area contributed by atoms with Crippen molar-refractivity contribution >= 4 is 16.9 Å². The van der Waals surface area contributed by atoms with Crippen molar-refractivity contribution in [1.82, 2.24) is 20.5 Å². The Morgan fingerprint density at radius 2 is 2.04 bits per heavy atom. The van der Waals surface area contributed by atoms with Gasteiger partial charge in [-0.15, -0.1) is 0 Å². The second-order valence-corrected chi connectivity index (χ2v) is 7.75. The van der Waals surface area contributed by atoms with Gasteiger partial charge in [0.15, 0.2) is 5.96 Å². The van der Waals surface area contributed by atoms with E-state index in [1.54, 1.807) is 0 Å². The van der Waals surface area contributed by atoms with Crippen molar-refractivity contribution in [2.75, 3.05) is 26.7 Å². The number of hydrogen-bond acceptors (Lipinski definition) is 2. The van der Waals surface area contributed by atoms with Crippen molar-refractivity contribution in [2.24, 2.45) is 4.99 Å². The van der Waals surface area contributed by atoms with Crippen LogP contribution >= 0.6 is 0 Å². The fourth-order valence-electron chi connectivity index (χ4n) is 4.12. The van der Waals surface area contributed by atoms with E-state index in [1.807, 2.05) is 7.05 Å². The summed E-state index contributed by atoms with van der Waals surface area (Å²) in [4.78, 5) is 10.5. The highest BCUT2D eigenvalue weighted by Crippen LogP contribution is 2.29. The van der Waals surface area contributed by atoms with E-state index in [4.69, 9.17) is 0 Å². The summed E-state index contributed by atoms with van der Waals surface area (Å²) in [7, 11) is 1.86. The zero-order chi connectivity index (χ0) is 17.9. The highest BCUT2D eigenvalue weighted by Gasteiger charge is 2.31. The van der Waals surface area contributed by atoms with E-state index < -0.39 is 0 Å². The first-order valence-electron chi connectivity index (χ1n) is 10.0. The summed E-state index contributed by atoms with van der Waals surface area (Å²) in [6.45, 7) is 5.50. The molecule has 0 spiro atoms. The van der Waals surface area contributed by atoms with Gasteiger partial charge in [-0.1, -0.05) is 18.2 Å².